The lowest BCUT2D eigenvalue weighted by molar-refractivity contribution is -0.0807. The van der Waals surface area contributed by atoms with Gasteiger partial charge in [-0.1, -0.05) is 0 Å². The molecule has 3 aliphatic rings. The molecule has 3 fully saturated rings. The Labute approximate surface area is 216 Å². The molecule has 0 radical (unpaired) electrons. The van der Waals surface area contributed by atoms with E-state index in [1.807, 2.05) is 16.9 Å². The number of aryl methyl sites for hydroxylation is 1. The van der Waals surface area contributed by atoms with Crippen LogP contribution in [0.15, 0.2) is 24.4 Å². The maximum absolute atomic E-state index is 15.5. The number of alkyl halides is 1. The van der Waals surface area contributed by atoms with Crippen molar-refractivity contribution in [2.75, 3.05) is 58.1 Å². The molecule has 10 heteroatoms. The summed E-state index contributed by atoms with van der Waals surface area (Å²) in [5.41, 5.74) is 2.82. The topological polar surface area (TPSA) is 77.8 Å². The van der Waals surface area contributed by atoms with Gasteiger partial charge < -0.3 is 19.1 Å². The molecule has 5 heterocycles. The number of hydrogen-bond donors (Lipinski definition) is 0. The normalized spacial score (nSPS) is 24.8. The summed E-state index contributed by atoms with van der Waals surface area (Å²) in [6, 6.07) is 6.80. The van der Waals surface area contributed by atoms with Gasteiger partial charge in [0.05, 0.1) is 56.8 Å². The van der Waals surface area contributed by atoms with E-state index in [1.165, 1.54) is 0 Å². The Morgan fingerprint density at radius 1 is 1.08 bits per heavy atom. The highest BCUT2D eigenvalue weighted by molar-refractivity contribution is 5.82. The monoisotopic (exact) mass is 510 g/mol. The van der Waals surface area contributed by atoms with Gasteiger partial charge in [0, 0.05) is 30.5 Å². The molecule has 37 heavy (non-hydrogen) atoms. The average molecular weight is 511 g/mol. The number of benzene rings is 1. The average Bonchev–Trinajstić information content (AvgIpc) is 3.25. The predicted molar refractivity (Wildman–Crippen MR) is 139 cm³/mol. The second-order valence-corrected chi connectivity index (χ2v) is 11.0. The van der Waals surface area contributed by atoms with Gasteiger partial charge in [0.2, 0.25) is 0 Å². The van der Waals surface area contributed by atoms with Crippen molar-refractivity contribution in [2.24, 2.45) is 0 Å². The number of rotatable bonds is 5. The maximum atomic E-state index is 15.5. The molecule has 0 spiro atoms. The second-order valence-electron chi connectivity index (χ2n) is 11.0. The summed E-state index contributed by atoms with van der Waals surface area (Å²) in [7, 11) is 1.57. The molecule has 2 atom stereocenters. The van der Waals surface area contributed by atoms with Crippen molar-refractivity contribution < 1.29 is 18.6 Å². The Hall–Kier alpha value is -2.82. The molecule has 0 amide bonds. The summed E-state index contributed by atoms with van der Waals surface area (Å²) in [6.45, 7) is 11.1. The second kappa shape index (κ2) is 9.49. The minimum Gasteiger partial charge on any atom is -0.467 e. The van der Waals surface area contributed by atoms with E-state index < -0.39 is 6.17 Å². The van der Waals surface area contributed by atoms with E-state index >= 15 is 4.39 Å². The zero-order valence-corrected chi connectivity index (χ0v) is 22.0. The van der Waals surface area contributed by atoms with Gasteiger partial charge in [0.25, 0.3) is 0 Å². The summed E-state index contributed by atoms with van der Waals surface area (Å²) in [5.74, 6) is 1.24. The molecule has 198 valence electrons. The number of likely N-dealkylation sites (tertiary alicyclic amines) is 1. The number of aromatic nitrogens is 4. The van der Waals surface area contributed by atoms with Gasteiger partial charge in [-0.05, 0) is 57.0 Å². The van der Waals surface area contributed by atoms with Crippen molar-refractivity contribution in [2.45, 2.75) is 50.9 Å². The standard InChI is InChI=1S/C27H35FN6O3/c1-17-9-18-12-29-34(23(18)10-21(17)20-5-6-32(13-22(20)28)19-14-37-15-19)25-11-24(30-26(31-25)35-4)33-7-8-36-16-27(33,2)3/h9-12,19-20,22H,5-8,13-16H2,1-4H3. The third kappa shape index (κ3) is 4.45. The van der Waals surface area contributed by atoms with Gasteiger partial charge in [-0.2, -0.15) is 15.1 Å². The molecular formula is C27H35FN6O3. The van der Waals surface area contributed by atoms with E-state index in [0.717, 1.165) is 47.4 Å². The van der Waals surface area contributed by atoms with Crippen LogP contribution in [0.25, 0.3) is 16.7 Å². The van der Waals surface area contributed by atoms with Crippen LogP contribution in [0.4, 0.5) is 10.2 Å². The number of hydrogen-bond acceptors (Lipinski definition) is 8. The lowest BCUT2D eigenvalue weighted by atomic mass is 9.84. The molecule has 6 rings (SSSR count). The highest BCUT2D eigenvalue weighted by Crippen LogP contribution is 2.36. The van der Waals surface area contributed by atoms with Crippen LogP contribution < -0.4 is 9.64 Å². The summed E-state index contributed by atoms with van der Waals surface area (Å²) >= 11 is 0. The zero-order chi connectivity index (χ0) is 25.7. The minimum atomic E-state index is -0.920. The fourth-order valence-electron chi connectivity index (χ4n) is 5.85. The first kappa shape index (κ1) is 24.5. The summed E-state index contributed by atoms with van der Waals surface area (Å²) in [5, 5.41) is 5.67. The number of methoxy groups -OCH3 is 1. The molecule has 0 aliphatic carbocycles. The molecule has 2 aromatic heterocycles. The number of halogens is 1. The quantitative estimate of drug-likeness (QED) is 0.518. The third-order valence-corrected chi connectivity index (χ3v) is 8.06. The molecule has 2 unspecified atom stereocenters. The van der Waals surface area contributed by atoms with Crippen LogP contribution >= 0.6 is 0 Å². The number of anilines is 1. The zero-order valence-electron chi connectivity index (χ0n) is 22.0. The first-order valence-corrected chi connectivity index (χ1v) is 13.1. The number of nitrogens with zero attached hydrogens (tertiary/aromatic N) is 6. The van der Waals surface area contributed by atoms with Crippen LogP contribution in [0, 0.1) is 6.92 Å². The molecule has 9 nitrogen and oxygen atoms in total. The van der Waals surface area contributed by atoms with Crippen LogP contribution in [0.5, 0.6) is 6.01 Å². The van der Waals surface area contributed by atoms with Crippen molar-refractivity contribution in [1.82, 2.24) is 24.6 Å². The van der Waals surface area contributed by atoms with Crippen molar-refractivity contribution in [3.8, 4) is 11.8 Å². The largest absolute Gasteiger partial charge is 0.467 e. The number of fused-ring (bicyclic) bond motifs is 1. The Kier molecular flexibility index (Phi) is 6.29. The Morgan fingerprint density at radius 3 is 2.59 bits per heavy atom. The maximum Gasteiger partial charge on any atom is 0.320 e. The lowest BCUT2D eigenvalue weighted by Crippen LogP contribution is -2.54. The SMILES string of the molecule is COc1nc(N2CCOCC2(C)C)cc(-n2ncc3cc(C)c(C4CCN(C5COC5)CC4F)cc32)n1. The van der Waals surface area contributed by atoms with E-state index in [2.05, 4.69) is 57.8 Å². The Balaban J connectivity index is 1.36. The van der Waals surface area contributed by atoms with Crippen LogP contribution in [0.3, 0.4) is 0 Å². The first-order valence-electron chi connectivity index (χ1n) is 13.1. The molecule has 1 aromatic carbocycles. The third-order valence-electron chi connectivity index (χ3n) is 8.06. The predicted octanol–water partition coefficient (Wildman–Crippen LogP) is 3.27. The van der Waals surface area contributed by atoms with Gasteiger partial charge in [-0.25, -0.2) is 9.07 Å². The lowest BCUT2D eigenvalue weighted by Gasteiger charge is -2.43. The van der Waals surface area contributed by atoms with E-state index in [0.29, 0.717) is 44.8 Å². The molecular weight excluding hydrogens is 475 g/mol. The highest BCUT2D eigenvalue weighted by atomic mass is 19.1. The number of morpholine rings is 1. The fourth-order valence-corrected chi connectivity index (χ4v) is 5.85. The van der Waals surface area contributed by atoms with Crippen molar-refractivity contribution in [1.29, 1.82) is 0 Å². The van der Waals surface area contributed by atoms with Crippen molar-refractivity contribution in [3.05, 3.63) is 35.5 Å². The van der Waals surface area contributed by atoms with Crippen LogP contribution in [-0.2, 0) is 9.47 Å². The van der Waals surface area contributed by atoms with E-state index in [1.54, 1.807) is 7.11 Å². The van der Waals surface area contributed by atoms with E-state index in [9.17, 15) is 0 Å². The van der Waals surface area contributed by atoms with Gasteiger partial charge in [-0.3, -0.25) is 4.90 Å². The van der Waals surface area contributed by atoms with Crippen LogP contribution in [-0.4, -0.2) is 95.6 Å². The van der Waals surface area contributed by atoms with Gasteiger partial charge in [0.1, 0.15) is 12.0 Å². The summed E-state index contributed by atoms with van der Waals surface area (Å²) < 4.78 is 33.8. The first-order chi connectivity index (χ1) is 17.8. The Morgan fingerprint density at radius 2 is 1.89 bits per heavy atom. The minimum absolute atomic E-state index is 0.144. The van der Waals surface area contributed by atoms with Crippen LogP contribution in [0.2, 0.25) is 0 Å². The smallest absolute Gasteiger partial charge is 0.320 e. The van der Waals surface area contributed by atoms with E-state index in [-0.39, 0.29) is 17.5 Å². The number of piperidine rings is 1. The molecule has 0 bridgehead atoms. The van der Waals surface area contributed by atoms with Gasteiger partial charge in [0.15, 0.2) is 5.82 Å². The molecule has 3 aliphatic heterocycles. The molecule has 3 aromatic rings. The molecule has 0 N–H and O–H groups in total. The molecule has 3 saturated heterocycles. The summed E-state index contributed by atoms with van der Waals surface area (Å²) in [6.07, 6.45) is 1.71. The fraction of sp³-hybridized carbons (Fsp3) is 0.593. The van der Waals surface area contributed by atoms with E-state index in [4.69, 9.17) is 14.2 Å². The van der Waals surface area contributed by atoms with Gasteiger partial charge in [-0.15, -0.1) is 0 Å². The highest BCUT2D eigenvalue weighted by Gasteiger charge is 2.37. The number of ether oxygens (including phenoxy) is 3. The molecule has 0 saturated carbocycles. The summed E-state index contributed by atoms with van der Waals surface area (Å²) in [4.78, 5) is 13.7. The Bertz CT molecular complexity index is 1290. The van der Waals surface area contributed by atoms with Crippen LogP contribution in [0.1, 0.15) is 37.3 Å². The van der Waals surface area contributed by atoms with Crippen molar-refractivity contribution >= 4 is 16.7 Å². The van der Waals surface area contributed by atoms with Gasteiger partial charge >= 0.3 is 6.01 Å². The van der Waals surface area contributed by atoms with Crippen molar-refractivity contribution in [3.63, 3.8) is 0 Å².